The number of hydrogen-bond acceptors (Lipinski definition) is 3. The number of Topliss-reactive ketones (excluding diaryl/α,β-unsaturated/α-hetero) is 1. The van der Waals surface area contributed by atoms with Gasteiger partial charge in [-0.15, -0.1) is 0 Å². The fourth-order valence-corrected chi connectivity index (χ4v) is 2.07. The highest BCUT2D eigenvalue weighted by Gasteiger charge is 2.37. The van der Waals surface area contributed by atoms with Crippen molar-refractivity contribution >= 4 is 23.2 Å². The highest BCUT2D eigenvalue weighted by Crippen LogP contribution is 2.37. The molecule has 0 aromatic carbocycles. The van der Waals surface area contributed by atoms with Gasteiger partial charge in [-0.05, 0) is 19.4 Å². The molecule has 1 N–H and O–H groups in total. The zero-order chi connectivity index (χ0) is 11.2. The van der Waals surface area contributed by atoms with E-state index in [9.17, 15) is 14.7 Å². The fraction of sp³-hybridized carbons (Fsp3) is 0.273. The van der Waals surface area contributed by atoms with Crippen molar-refractivity contribution in [1.29, 1.82) is 0 Å². The number of fused-ring (bicyclic) bond motifs is 1. The van der Waals surface area contributed by atoms with Crippen LogP contribution in [0.25, 0.3) is 0 Å². The Hall–Kier alpha value is -1.35. The van der Waals surface area contributed by atoms with Gasteiger partial charge in [-0.3, -0.25) is 9.59 Å². The lowest BCUT2D eigenvalue weighted by Gasteiger charge is -2.25. The Kier molecular flexibility index (Phi) is 2.27. The summed E-state index contributed by atoms with van der Waals surface area (Å²) in [7, 11) is 0. The van der Waals surface area contributed by atoms with Gasteiger partial charge in [0.2, 0.25) is 0 Å². The molecule has 0 bridgehead atoms. The molecule has 15 heavy (non-hydrogen) atoms. The lowest BCUT2D eigenvalue weighted by molar-refractivity contribution is -0.121. The molecule has 0 aromatic heterocycles. The van der Waals surface area contributed by atoms with Gasteiger partial charge in [0.25, 0.3) is 0 Å². The van der Waals surface area contributed by atoms with Crippen LogP contribution < -0.4 is 0 Å². The summed E-state index contributed by atoms with van der Waals surface area (Å²) in [4.78, 5) is 23.3. The van der Waals surface area contributed by atoms with E-state index in [2.05, 4.69) is 0 Å². The Bertz CT molecular complexity index is 454. The molecule has 2 aliphatic carbocycles. The Balaban J connectivity index is 2.65. The van der Waals surface area contributed by atoms with Gasteiger partial charge in [0.15, 0.2) is 11.6 Å². The molecule has 0 radical (unpaired) electrons. The second-order valence-corrected chi connectivity index (χ2v) is 4.00. The number of allylic oxidation sites excluding steroid dienone is 5. The summed E-state index contributed by atoms with van der Waals surface area (Å²) in [5, 5.41) is 9.71. The molecule has 1 atom stereocenters. The van der Waals surface area contributed by atoms with E-state index in [4.69, 9.17) is 11.6 Å². The molecule has 2 rings (SSSR count). The Morgan fingerprint density at radius 2 is 2.13 bits per heavy atom. The van der Waals surface area contributed by atoms with Gasteiger partial charge in [0.05, 0.1) is 16.5 Å². The summed E-state index contributed by atoms with van der Waals surface area (Å²) in [6, 6.07) is 0. The van der Waals surface area contributed by atoms with Crippen LogP contribution in [0.4, 0.5) is 0 Å². The number of rotatable bonds is 0. The van der Waals surface area contributed by atoms with Crippen LogP contribution in [-0.4, -0.2) is 16.7 Å². The number of carbonyl (C=O) groups excluding carboxylic acids is 2. The van der Waals surface area contributed by atoms with Crippen molar-refractivity contribution in [1.82, 2.24) is 0 Å². The summed E-state index contributed by atoms with van der Waals surface area (Å²) in [6.07, 6.45) is 3.46. The fourth-order valence-electron chi connectivity index (χ4n) is 1.88. The average molecular weight is 225 g/mol. The maximum absolute atomic E-state index is 11.8. The number of hydrogen-bond donors (Lipinski definition) is 1. The van der Waals surface area contributed by atoms with Crippen LogP contribution in [0.15, 0.2) is 34.1 Å². The van der Waals surface area contributed by atoms with E-state index >= 15 is 0 Å². The van der Waals surface area contributed by atoms with E-state index in [1.165, 1.54) is 6.08 Å². The molecule has 0 saturated carbocycles. The largest absolute Gasteiger partial charge is 0.506 e. The van der Waals surface area contributed by atoms with Gasteiger partial charge in [-0.1, -0.05) is 17.7 Å². The normalized spacial score (nSPS) is 26.1. The van der Waals surface area contributed by atoms with Crippen LogP contribution in [0.2, 0.25) is 0 Å². The van der Waals surface area contributed by atoms with E-state index < -0.39 is 5.92 Å². The van der Waals surface area contributed by atoms with Crippen molar-refractivity contribution in [2.24, 2.45) is 5.92 Å². The molecule has 0 heterocycles. The molecule has 78 valence electrons. The van der Waals surface area contributed by atoms with Crippen LogP contribution in [-0.2, 0) is 9.59 Å². The lowest BCUT2D eigenvalue weighted by atomic mass is 9.78. The first-order chi connectivity index (χ1) is 7.04. The molecular formula is C11H9ClO3. The number of aliphatic hydroxyl groups is 1. The molecule has 0 aromatic rings. The van der Waals surface area contributed by atoms with Crippen molar-refractivity contribution in [3.63, 3.8) is 0 Å². The minimum atomic E-state index is -0.551. The predicted molar refractivity (Wildman–Crippen MR) is 55.5 cm³/mol. The third-order valence-corrected chi connectivity index (χ3v) is 3.20. The van der Waals surface area contributed by atoms with Crippen LogP contribution in [0, 0.1) is 5.92 Å². The van der Waals surface area contributed by atoms with Gasteiger partial charge in [0.1, 0.15) is 5.76 Å². The smallest absolute Gasteiger partial charge is 0.186 e. The summed E-state index contributed by atoms with van der Waals surface area (Å²) >= 11 is 5.77. The van der Waals surface area contributed by atoms with Crippen LogP contribution in [0.5, 0.6) is 0 Å². The van der Waals surface area contributed by atoms with E-state index in [0.717, 1.165) is 0 Å². The van der Waals surface area contributed by atoms with Gasteiger partial charge in [-0.25, -0.2) is 0 Å². The van der Waals surface area contributed by atoms with E-state index in [1.54, 1.807) is 13.0 Å². The van der Waals surface area contributed by atoms with Crippen molar-refractivity contribution in [3.05, 3.63) is 34.1 Å². The van der Waals surface area contributed by atoms with E-state index in [-0.39, 0.29) is 27.9 Å². The standard InChI is InChI=1S/C11H9ClO3/c1-5-9(12)11(15)8-6(10(5)14)3-2-4-7(8)13/h2,4,6,15H,3H2,1H3. The minimum absolute atomic E-state index is 0.00472. The molecular weight excluding hydrogens is 216 g/mol. The Morgan fingerprint density at radius 3 is 2.80 bits per heavy atom. The topological polar surface area (TPSA) is 54.4 Å². The van der Waals surface area contributed by atoms with Crippen molar-refractivity contribution in [2.75, 3.05) is 0 Å². The molecule has 4 heteroatoms. The summed E-state index contributed by atoms with van der Waals surface area (Å²) in [6.45, 7) is 1.56. The van der Waals surface area contributed by atoms with Crippen LogP contribution in [0.3, 0.4) is 0 Å². The molecule has 0 fully saturated rings. The Morgan fingerprint density at radius 1 is 1.47 bits per heavy atom. The highest BCUT2D eigenvalue weighted by atomic mass is 35.5. The van der Waals surface area contributed by atoms with Crippen molar-refractivity contribution in [3.8, 4) is 0 Å². The monoisotopic (exact) mass is 224 g/mol. The quantitative estimate of drug-likeness (QED) is 0.685. The number of ketones is 2. The second-order valence-electron chi connectivity index (χ2n) is 3.62. The average Bonchev–Trinajstić information content (AvgIpc) is 2.23. The molecule has 3 nitrogen and oxygen atoms in total. The van der Waals surface area contributed by atoms with Gasteiger partial charge in [-0.2, -0.15) is 0 Å². The first-order valence-electron chi connectivity index (χ1n) is 4.59. The zero-order valence-electron chi connectivity index (χ0n) is 8.08. The lowest BCUT2D eigenvalue weighted by Crippen LogP contribution is -2.29. The maximum atomic E-state index is 11.8. The van der Waals surface area contributed by atoms with E-state index in [0.29, 0.717) is 12.0 Å². The number of halogens is 1. The number of carbonyl (C=O) groups is 2. The van der Waals surface area contributed by atoms with Gasteiger partial charge < -0.3 is 5.11 Å². The maximum Gasteiger partial charge on any atom is 0.186 e. The van der Waals surface area contributed by atoms with E-state index in [1.807, 2.05) is 0 Å². The third kappa shape index (κ3) is 1.35. The SMILES string of the molecule is CC1=C(Cl)C(O)=C2C(=O)C=CCC2C1=O. The molecule has 0 amide bonds. The molecule has 2 aliphatic rings. The second kappa shape index (κ2) is 3.35. The first kappa shape index (κ1) is 10.2. The molecule has 0 aliphatic heterocycles. The van der Waals surface area contributed by atoms with Gasteiger partial charge >= 0.3 is 0 Å². The van der Waals surface area contributed by atoms with Crippen molar-refractivity contribution in [2.45, 2.75) is 13.3 Å². The zero-order valence-corrected chi connectivity index (χ0v) is 8.84. The highest BCUT2D eigenvalue weighted by molar-refractivity contribution is 6.36. The van der Waals surface area contributed by atoms with Crippen LogP contribution in [0.1, 0.15) is 13.3 Å². The third-order valence-electron chi connectivity index (χ3n) is 2.73. The number of aliphatic hydroxyl groups excluding tert-OH is 1. The molecule has 1 unspecified atom stereocenters. The first-order valence-corrected chi connectivity index (χ1v) is 4.96. The van der Waals surface area contributed by atoms with Crippen LogP contribution >= 0.6 is 11.6 Å². The molecule has 0 saturated heterocycles. The summed E-state index contributed by atoms with van der Waals surface area (Å²) < 4.78 is 0. The summed E-state index contributed by atoms with van der Waals surface area (Å²) in [5.74, 6) is -1.30. The predicted octanol–water partition coefficient (Wildman–Crippen LogP) is 2.04. The minimum Gasteiger partial charge on any atom is -0.506 e. The van der Waals surface area contributed by atoms with Gasteiger partial charge in [0, 0.05) is 5.57 Å². The van der Waals surface area contributed by atoms with Crippen molar-refractivity contribution < 1.29 is 14.7 Å². The molecule has 0 spiro atoms. The Labute approximate surface area is 91.7 Å². The summed E-state index contributed by atoms with van der Waals surface area (Å²) in [5.41, 5.74) is 0.462.